The van der Waals surface area contributed by atoms with Gasteiger partial charge in [0.1, 0.15) is 5.75 Å². The van der Waals surface area contributed by atoms with E-state index in [0.29, 0.717) is 34.9 Å². The molecular formula is C21H19N3O3. The number of para-hydroxylation sites is 2. The summed E-state index contributed by atoms with van der Waals surface area (Å²) in [6, 6.07) is 17.2. The number of carbonyl (C=O) groups is 2. The maximum Gasteiger partial charge on any atom is 0.259 e. The Morgan fingerprint density at radius 1 is 0.852 bits per heavy atom. The Hall–Kier alpha value is -3.67. The number of aromatic nitrogens is 1. The molecule has 0 fully saturated rings. The summed E-state index contributed by atoms with van der Waals surface area (Å²) >= 11 is 0. The fourth-order valence-corrected chi connectivity index (χ4v) is 2.55. The van der Waals surface area contributed by atoms with E-state index in [1.165, 1.54) is 0 Å². The molecule has 0 atom stereocenters. The molecule has 136 valence electrons. The number of rotatable bonds is 6. The van der Waals surface area contributed by atoms with Gasteiger partial charge >= 0.3 is 0 Å². The minimum absolute atomic E-state index is 0.324. The molecule has 0 unspecified atom stereocenters. The third-order valence-corrected chi connectivity index (χ3v) is 3.79. The molecule has 2 N–H and O–H groups in total. The zero-order valence-electron chi connectivity index (χ0n) is 14.8. The summed E-state index contributed by atoms with van der Waals surface area (Å²) < 4.78 is 5.51. The van der Waals surface area contributed by atoms with E-state index >= 15 is 0 Å². The van der Waals surface area contributed by atoms with Crippen molar-refractivity contribution in [2.24, 2.45) is 0 Å². The van der Waals surface area contributed by atoms with Crippen molar-refractivity contribution in [3.05, 3.63) is 84.2 Å². The lowest BCUT2D eigenvalue weighted by Gasteiger charge is -2.13. The smallest absolute Gasteiger partial charge is 0.259 e. The fraction of sp³-hybridized carbons (Fsp3) is 0.0952. The fourth-order valence-electron chi connectivity index (χ4n) is 2.55. The highest BCUT2D eigenvalue weighted by Crippen LogP contribution is 2.22. The van der Waals surface area contributed by atoms with Crippen LogP contribution in [0.3, 0.4) is 0 Å². The van der Waals surface area contributed by atoms with Crippen LogP contribution in [0.2, 0.25) is 0 Å². The molecule has 2 aromatic carbocycles. The average molecular weight is 361 g/mol. The second-order valence-electron chi connectivity index (χ2n) is 5.62. The van der Waals surface area contributed by atoms with Crippen LogP contribution in [0.1, 0.15) is 27.6 Å². The van der Waals surface area contributed by atoms with Crippen LogP contribution >= 0.6 is 0 Å². The molecule has 1 heterocycles. The highest BCUT2D eigenvalue weighted by atomic mass is 16.5. The Bertz CT molecular complexity index is 942. The van der Waals surface area contributed by atoms with Crippen molar-refractivity contribution in [1.29, 1.82) is 0 Å². The lowest BCUT2D eigenvalue weighted by Crippen LogP contribution is -2.18. The molecule has 27 heavy (non-hydrogen) atoms. The van der Waals surface area contributed by atoms with Gasteiger partial charge in [-0.2, -0.15) is 0 Å². The number of benzene rings is 2. The van der Waals surface area contributed by atoms with Crippen LogP contribution < -0.4 is 15.4 Å². The quantitative estimate of drug-likeness (QED) is 0.696. The molecule has 1 aromatic heterocycles. The molecule has 0 bridgehead atoms. The average Bonchev–Trinajstić information content (AvgIpc) is 2.70. The first kappa shape index (κ1) is 18.1. The number of carbonyl (C=O) groups excluding carboxylic acids is 2. The topological polar surface area (TPSA) is 80.3 Å². The molecule has 3 aromatic rings. The first-order valence-corrected chi connectivity index (χ1v) is 8.52. The van der Waals surface area contributed by atoms with Gasteiger partial charge in [-0.1, -0.05) is 24.3 Å². The summed E-state index contributed by atoms with van der Waals surface area (Å²) in [6.07, 6.45) is 3.18. The highest BCUT2D eigenvalue weighted by molar-refractivity contribution is 6.13. The Morgan fingerprint density at radius 2 is 1.48 bits per heavy atom. The second-order valence-corrected chi connectivity index (χ2v) is 5.62. The van der Waals surface area contributed by atoms with Crippen LogP contribution in [0, 0.1) is 0 Å². The van der Waals surface area contributed by atoms with Crippen LogP contribution in [-0.2, 0) is 0 Å². The van der Waals surface area contributed by atoms with Gasteiger partial charge in [0, 0.05) is 18.1 Å². The molecule has 0 saturated heterocycles. The molecule has 0 aliphatic heterocycles. The number of nitrogens with zero attached hydrogens (tertiary/aromatic N) is 1. The van der Waals surface area contributed by atoms with Crippen molar-refractivity contribution >= 4 is 23.2 Å². The maximum absolute atomic E-state index is 12.7. The van der Waals surface area contributed by atoms with E-state index in [4.69, 9.17) is 4.74 Å². The van der Waals surface area contributed by atoms with Crippen LogP contribution in [0.25, 0.3) is 0 Å². The molecule has 0 aliphatic carbocycles. The van der Waals surface area contributed by atoms with E-state index in [1.54, 1.807) is 73.1 Å². The van der Waals surface area contributed by atoms with Gasteiger partial charge in [0.15, 0.2) is 0 Å². The zero-order valence-corrected chi connectivity index (χ0v) is 14.8. The summed E-state index contributed by atoms with van der Waals surface area (Å²) in [5, 5.41) is 5.59. The number of amides is 2. The second kappa shape index (κ2) is 8.62. The number of ether oxygens (including phenoxy) is 1. The lowest BCUT2D eigenvalue weighted by molar-refractivity contribution is 0.102. The van der Waals surface area contributed by atoms with Crippen molar-refractivity contribution in [1.82, 2.24) is 4.98 Å². The van der Waals surface area contributed by atoms with Gasteiger partial charge in [0.2, 0.25) is 0 Å². The van der Waals surface area contributed by atoms with Crippen molar-refractivity contribution in [2.45, 2.75) is 6.92 Å². The number of anilines is 2. The van der Waals surface area contributed by atoms with Crippen LogP contribution in [0.4, 0.5) is 11.4 Å². The minimum atomic E-state index is -0.344. The zero-order chi connectivity index (χ0) is 19.1. The standard InChI is InChI=1S/C21H19N3O3/c1-2-27-19-10-6-4-8-17(19)21(26)24-18-9-5-3-7-16(18)20(25)23-15-11-13-22-14-12-15/h3-14H,2H2,1H3,(H,24,26)(H,22,23,25). The largest absolute Gasteiger partial charge is 0.493 e. The molecule has 2 amide bonds. The van der Waals surface area contributed by atoms with Gasteiger partial charge in [0.05, 0.1) is 23.4 Å². The molecular weight excluding hydrogens is 342 g/mol. The number of hydrogen-bond acceptors (Lipinski definition) is 4. The Labute approximate surface area is 157 Å². The van der Waals surface area contributed by atoms with Crippen molar-refractivity contribution in [2.75, 3.05) is 17.2 Å². The van der Waals surface area contributed by atoms with E-state index in [2.05, 4.69) is 15.6 Å². The number of nitrogens with one attached hydrogen (secondary N) is 2. The van der Waals surface area contributed by atoms with Crippen LogP contribution in [-0.4, -0.2) is 23.4 Å². The van der Waals surface area contributed by atoms with Gasteiger partial charge in [-0.3, -0.25) is 14.6 Å². The van der Waals surface area contributed by atoms with Gasteiger partial charge < -0.3 is 15.4 Å². The Morgan fingerprint density at radius 3 is 2.22 bits per heavy atom. The van der Waals surface area contributed by atoms with Gasteiger partial charge in [-0.05, 0) is 43.3 Å². The summed E-state index contributed by atoms with van der Waals surface area (Å²) in [5.74, 6) is -0.172. The van der Waals surface area contributed by atoms with E-state index in [0.717, 1.165) is 0 Å². The molecule has 0 radical (unpaired) electrons. The van der Waals surface area contributed by atoms with Gasteiger partial charge in [-0.15, -0.1) is 0 Å². The van der Waals surface area contributed by atoms with Gasteiger partial charge in [-0.25, -0.2) is 0 Å². The summed E-state index contributed by atoms with van der Waals surface area (Å²) in [5.41, 5.74) is 1.80. The Balaban J connectivity index is 1.82. The maximum atomic E-state index is 12.7. The summed E-state index contributed by atoms with van der Waals surface area (Å²) in [4.78, 5) is 29.2. The van der Waals surface area contributed by atoms with Crippen molar-refractivity contribution in [3.63, 3.8) is 0 Å². The lowest BCUT2D eigenvalue weighted by atomic mass is 10.1. The molecule has 6 heteroatoms. The molecule has 6 nitrogen and oxygen atoms in total. The third-order valence-electron chi connectivity index (χ3n) is 3.79. The Kier molecular flexibility index (Phi) is 5.79. The third kappa shape index (κ3) is 4.49. The summed E-state index contributed by atoms with van der Waals surface area (Å²) in [6.45, 7) is 2.31. The predicted octanol–water partition coefficient (Wildman–Crippen LogP) is 3.98. The normalized spacial score (nSPS) is 10.1. The summed E-state index contributed by atoms with van der Waals surface area (Å²) in [7, 11) is 0. The molecule has 0 saturated carbocycles. The number of pyridine rings is 1. The van der Waals surface area contributed by atoms with E-state index in [9.17, 15) is 9.59 Å². The SMILES string of the molecule is CCOc1ccccc1C(=O)Nc1ccccc1C(=O)Nc1ccncc1. The first-order chi connectivity index (χ1) is 13.2. The van der Waals surface area contributed by atoms with E-state index < -0.39 is 0 Å². The minimum Gasteiger partial charge on any atom is -0.493 e. The van der Waals surface area contributed by atoms with Crippen LogP contribution in [0.15, 0.2) is 73.1 Å². The molecule has 0 aliphatic rings. The molecule has 0 spiro atoms. The highest BCUT2D eigenvalue weighted by Gasteiger charge is 2.16. The first-order valence-electron chi connectivity index (χ1n) is 8.52. The number of hydrogen-bond donors (Lipinski definition) is 2. The predicted molar refractivity (Wildman–Crippen MR) is 104 cm³/mol. The monoisotopic (exact) mass is 361 g/mol. The van der Waals surface area contributed by atoms with Crippen molar-refractivity contribution in [3.8, 4) is 5.75 Å². The van der Waals surface area contributed by atoms with Crippen molar-refractivity contribution < 1.29 is 14.3 Å². The van der Waals surface area contributed by atoms with Gasteiger partial charge in [0.25, 0.3) is 11.8 Å². The van der Waals surface area contributed by atoms with E-state index in [1.807, 2.05) is 6.92 Å². The molecule has 3 rings (SSSR count). The van der Waals surface area contributed by atoms with Crippen LogP contribution in [0.5, 0.6) is 5.75 Å². The van der Waals surface area contributed by atoms with E-state index in [-0.39, 0.29) is 11.8 Å².